The lowest BCUT2D eigenvalue weighted by atomic mass is 10.1. The minimum atomic E-state index is -0.240. The van der Waals surface area contributed by atoms with Crippen molar-refractivity contribution in [2.24, 2.45) is 0 Å². The van der Waals surface area contributed by atoms with Gasteiger partial charge in [-0.3, -0.25) is 4.79 Å². The molecule has 0 saturated carbocycles. The van der Waals surface area contributed by atoms with Gasteiger partial charge in [-0.25, -0.2) is 4.39 Å². The molecule has 1 heterocycles. The lowest BCUT2D eigenvalue weighted by molar-refractivity contribution is 0.0736. The number of nitrogens with zero attached hydrogens (tertiary/aromatic N) is 2. The van der Waals surface area contributed by atoms with Gasteiger partial charge in [0.05, 0.1) is 13.7 Å². The van der Waals surface area contributed by atoms with Crippen LogP contribution < -0.4 is 4.74 Å². The predicted molar refractivity (Wildman–Crippen MR) is 117 cm³/mol. The van der Waals surface area contributed by atoms with E-state index in [4.69, 9.17) is 4.74 Å². The van der Waals surface area contributed by atoms with E-state index in [-0.39, 0.29) is 11.7 Å². The van der Waals surface area contributed by atoms with Gasteiger partial charge in [0.2, 0.25) is 0 Å². The van der Waals surface area contributed by atoms with Crippen molar-refractivity contribution in [1.82, 2.24) is 9.47 Å². The predicted octanol–water partition coefficient (Wildman–Crippen LogP) is 5.52. The second kappa shape index (κ2) is 10.6. The van der Waals surface area contributed by atoms with E-state index in [1.165, 1.54) is 6.07 Å². The van der Waals surface area contributed by atoms with Gasteiger partial charge in [0.1, 0.15) is 11.6 Å². The molecule has 1 amide bonds. The molecule has 1 aromatic heterocycles. The molecular formula is C25H29FN2O2. The highest BCUT2D eigenvalue weighted by molar-refractivity contribution is 5.94. The van der Waals surface area contributed by atoms with Crippen molar-refractivity contribution in [2.45, 2.75) is 39.3 Å². The van der Waals surface area contributed by atoms with E-state index in [9.17, 15) is 9.18 Å². The highest BCUT2D eigenvalue weighted by atomic mass is 19.1. The molecule has 0 atom stereocenters. The number of benzene rings is 2. The van der Waals surface area contributed by atoms with Crippen molar-refractivity contribution in [2.75, 3.05) is 13.7 Å². The van der Waals surface area contributed by atoms with Crippen LogP contribution in [0.2, 0.25) is 0 Å². The van der Waals surface area contributed by atoms with Crippen LogP contribution in [0.1, 0.15) is 47.8 Å². The van der Waals surface area contributed by atoms with Crippen LogP contribution in [0.25, 0.3) is 0 Å². The van der Waals surface area contributed by atoms with Gasteiger partial charge >= 0.3 is 0 Å². The Morgan fingerprint density at radius 2 is 1.90 bits per heavy atom. The van der Waals surface area contributed by atoms with Gasteiger partial charge in [-0.05, 0) is 54.4 Å². The number of aromatic nitrogens is 1. The van der Waals surface area contributed by atoms with E-state index in [0.717, 1.165) is 30.5 Å². The van der Waals surface area contributed by atoms with Crippen LogP contribution in [0.4, 0.5) is 4.39 Å². The highest BCUT2D eigenvalue weighted by Gasteiger charge is 2.18. The Morgan fingerprint density at radius 3 is 2.67 bits per heavy atom. The summed E-state index contributed by atoms with van der Waals surface area (Å²) in [6, 6.07) is 17.9. The van der Waals surface area contributed by atoms with Gasteiger partial charge < -0.3 is 14.2 Å². The molecule has 0 fully saturated rings. The van der Waals surface area contributed by atoms with Crippen LogP contribution in [0.3, 0.4) is 0 Å². The molecule has 158 valence electrons. The molecule has 0 aliphatic rings. The second-order valence-electron chi connectivity index (χ2n) is 7.42. The first-order valence-corrected chi connectivity index (χ1v) is 10.4. The number of methoxy groups -OCH3 is 1. The third kappa shape index (κ3) is 5.72. The van der Waals surface area contributed by atoms with Crippen molar-refractivity contribution in [3.05, 3.63) is 89.5 Å². The summed E-state index contributed by atoms with van der Waals surface area (Å²) in [6.07, 6.45) is 5.10. The second-order valence-corrected chi connectivity index (χ2v) is 7.42. The zero-order chi connectivity index (χ0) is 21.3. The van der Waals surface area contributed by atoms with E-state index in [1.54, 1.807) is 25.3 Å². The van der Waals surface area contributed by atoms with E-state index in [0.29, 0.717) is 30.9 Å². The van der Waals surface area contributed by atoms with Gasteiger partial charge in [-0.15, -0.1) is 0 Å². The Labute approximate surface area is 177 Å². The fourth-order valence-electron chi connectivity index (χ4n) is 3.52. The number of rotatable bonds is 10. The first-order chi connectivity index (χ1) is 14.6. The minimum Gasteiger partial charge on any atom is -0.497 e. The summed E-state index contributed by atoms with van der Waals surface area (Å²) in [6.45, 7) is 3.91. The first-order valence-electron chi connectivity index (χ1n) is 10.4. The molecule has 0 radical (unpaired) electrons. The number of amides is 1. The Bertz CT molecular complexity index is 967. The van der Waals surface area contributed by atoms with Crippen molar-refractivity contribution in [3.8, 4) is 5.75 Å². The maximum atomic E-state index is 13.6. The lowest BCUT2D eigenvalue weighted by Gasteiger charge is -2.24. The minimum absolute atomic E-state index is 0.0106. The van der Waals surface area contributed by atoms with Crippen molar-refractivity contribution >= 4 is 5.91 Å². The van der Waals surface area contributed by atoms with Crippen molar-refractivity contribution in [3.63, 3.8) is 0 Å². The van der Waals surface area contributed by atoms with Crippen LogP contribution in [0, 0.1) is 5.82 Å². The third-order valence-corrected chi connectivity index (χ3v) is 5.15. The topological polar surface area (TPSA) is 34.5 Å². The van der Waals surface area contributed by atoms with Crippen LogP contribution in [0.15, 0.2) is 66.9 Å². The van der Waals surface area contributed by atoms with Gasteiger partial charge in [0.15, 0.2) is 0 Å². The molecule has 2 aromatic carbocycles. The zero-order valence-electron chi connectivity index (χ0n) is 17.7. The molecule has 0 saturated heterocycles. The SMILES string of the molecule is CCCCCN(Cc1cccn1Cc1cccc(F)c1)C(=O)c1cccc(OC)c1. The van der Waals surface area contributed by atoms with Crippen molar-refractivity contribution in [1.29, 1.82) is 0 Å². The number of carbonyl (C=O) groups is 1. The van der Waals surface area contributed by atoms with E-state index >= 15 is 0 Å². The zero-order valence-corrected chi connectivity index (χ0v) is 17.7. The molecule has 4 nitrogen and oxygen atoms in total. The number of carbonyl (C=O) groups excluding carboxylic acids is 1. The van der Waals surface area contributed by atoms with E-state index in [1.807, 2.05) is 47.5 Å². The quantitative estimate of drug-likeness (QED) is 0.414. The number of hydrogen-bond donors (Lipinski definition) is 0. The smallest absolute Gasteiger partial charge is 0.254 e. The van der Waals surface area contributed by atoms with Gasteiger partial charge in [0.25, 0.3) is 5.91 Å². The molecule has 0 N–H and O–H groups in total. The van der Waals surface area contributed by atoms with Crippen LogP contribution >= 0.6 is 0 Å². The van der Waals surface area contributed by atoms with Crippen LogP contribution in [-0.2, 0) is 13.1 Å². The Kier molecular flexibility index (Phi) is 7.66. The summed E-state index contributed by atoms with van der Waals surface area (Å²) >= 11 is 0. The standard InChI is InChI=1S/C25H29FN2O2/c1-3-4-5-14-28(25(29)21-10-7-13-24(17-21)30-2)19-23-12-8-15-27(23)18-20-9-6-11-22(26)16-20/h6-13,15-17H,3-5,14,18-19H2,1-2H3. The average Bonchev–Trinajstić information content (AvgIpc) is 3.19. The van der Waals surface area contributed by atoms with Crippen LogP contribution in [0.5, 0.6) is 5.75 Å². The summed E-state index contributed by atoms with van der Waals surface area (Å²) < 4.78 is 20.9. The molecule has 0 unspecified atom stereocenters. The normalized spacial score (nSPS) is 10.8. The van der Waals surface area contributed by atoms with Gasteiger partial charge in [-0.2, -0.15) is 0 Å². The third-order valence-electron chi connectivity index (χ3n) is 5.15. The molecule has 0 spiro atoms. The van der Waals surface area contributed by atoms with E-state index in [2.05, 4.69) is 11.5 Å². The highest BCUT2D eigenvalue weighted by Crippen LogP contribution is 2.18. The Balaban J connectivity index is 1.80. The molecule has 0 bridgehead atoms. The Hall–Kier alpha value is -3.08. The molecule has 30 heavy (non-hydrogen) atoms. The lowest BCUT2D eigenvalue weighted by Crippen LogP contribution is -2.32. The summed E-state index contributed by atoms with van der Waals surface area (Å²) in [4.78, 5) is 15.1. The van der Waals surface area contributed by atoms with Crippen molar-refractivity contribution < 1.29 is 13.9 Å². The molecule has 0 aliphatic heterocycles. The molecule has 5 heteroatoms. The summed E-state index contributed by atoms with van der Waals surface area (Å²) in [5.74, 6) is 0.419. The molecule has 3 rings (SSSR count). The fraction of sp³-hybridized carbons (Fsp3) is 0.320. The fourth-order valence-corrected chi connectivity index (χ4v) is 3.52. The van der Waals surface area contributed by atoms with Gasteiger partial charge in [0, 0.05) is 30.5 Å². The maximum absolute atomic E-state index is 13.6. The molecular weight excluding hydrogens is 379 g/mol. The number of ether oxygens (including phenoxy) is 1. The number of unbranched alkanes of at least 4 members (excludes halogenated alkanes) is 2. The molecule has 3 aromatic rings. The molecule has 0 aliphatic carbocycles. The van der Waals surface area contributed by atoms with Gasteiger partial charge in [-0.1, -0.05) is 38.0 Å². The van der Waals surface area contributed by atoms with E-state index < -0.39 is 0 Å². The number of hydrogen-bond acceptors (Lipinski definition) is 2. The summed E-state index contributed by atoms with van der Waals surface area (Å²) in [5, 5.41) is 0. The first kappa shape index (κ1) is 21.6. The largest absolute Gasteiger partial charge is 0.497 e. The maximum Gasteiger partial charge on any atom is 0.254 e. The number of halogens is 1. The summed E-state index contributed by atoms with van der Waals surface area (Å²) in [7, 11) is 1.60. The monoisotopic (exact) mass is 408 g/mol. The average molecular weight is 409 g/mol. The van der Waals surface area contributed by atoms with Crippen LogP contribution in [-0.4, -0.2) is 29.0 Å². The Morgan fingerprint density at radius 1 is 1.07 bits per heavy atom. The summed E-state index contributed by atoms with van der Waals surface area (Å²) in [5.41, 5.74) is 2.53.